The fraction of sp³-hybridized carbons (Fsp3) is 1.00. The van der Waals surface area contributed by atoms with Crippen molar-refractivity contribution >= 4 is 36.0 Å². The predicted molar refractivity (Wildman–Crippen MR) is 106 cm³/mol. The predicted octanol–water partition coefficient (Wildman–Crippen LogP) is 6.88. The topological polar surface area (TPSA) is 61.8 Å². The molecule has 0 aliphatic carbocycles. The highest BCUT2D eigenvalue weighted by Crippen LogP contribution is 2.72. The number of hydrogen-bond acceptors (Lipinski definition) is 5. The molecule has 0 amide bonds. The molecule has 0 unspecified atom stereocenters. The van der Waals surface area contributed by atoms with Crippen LogP contribution in [0.1, 0.15) is 0 Å². The minimum absolute atomic E-state index is 1.66. The molecule has 0 N–H and O–H groups in total. The second kappa shape index (κ2) is 5.65. The van der Waals surface area contributed by atoms with Gasteiger partial charge in [0.05, 0.1) is 36.0 Å². The average Bonchev–Trinajstić information content (AvgIpc) is 1.84. The molecule has 20 heavy (non-hydrogen) atoms. The molecule has 0 aromatic carbocycles. The van der Waals surface area contributed by atoms with Crippen molar-refractivity contribution in [2.45, 2.75) is 0 Å². The first-order chi connectivity index (χ1) is 8.54. The third kappa shape index (κ3) is 6.50. The molecule has 1 aliphatic rings. The molecule has 0 bridgehead atoms. The Bertz CT molecular complexity index is 502. The summed E-state index contributed by atoms with van der Waals surface area (Å²) < 4.78 is 25.4. The van der Waals surface area contributed by atoms with Crippen LogP contribution in [0.3, 0.4) is 0 Å². The van der Waals surface area contributed by atoms with Crippen LogP contribution in [-0.2, 0) is 0 Å². The zero-order chi connectivity index (χ0) is 16.0. The summed E-state index contributed by atoms with van der Waals surface area (Å²) in [6.45, 7) is 21.9. The fourth-order valence-corrected chi connectivity index (χ4v) is 26.5. The highest BCUT2D eigenvalue weighted by molar-refractivity contribution is 7.86. The van der Waals surface area contributed by atoms with Crippen LogP contribution in [0.2, 0.25) is 0 Å². The highest BCUT2D eigenvalue weighted by Gasteiger charge is 2.20. The van der Waals surface area contributed by atoms with Gasteiger partial charge >= 0.3 is 0 Å². The summed E-state index contributed by atoms with van der Waals surface area (Å²) >= 11 is 0. The van der Waals surface area contributed by atoms with Gasteiger partial charge in [0.1, 0.15) is 0 Å². The van der Waals surface area contributed by atoms with Gasteiger partial charge in [-0.3, -0.25) is 0 Å². The first-order valence-electron chi connectivity index (χ1n) is 6.47. The second-order valence-electron chi connectivity index (χ2n) is 7.13. The molecule has 5 nitrogen and oxygen atoms in total. The Labute approximate surface area is 125 Å². The van der Waals surface area contributed by atoms with Gasteiger partial charge in [0.2, 0.25) is 0 Å². The van der Waals surface area contributed by atoms with Crippen molar-refractivity contribution in [1.29, 1.82) is 0 Å². The maximum atomic E-state index is 5.08. The van der Waals surface area contributed by atoms with Crippen LogP contribution < -0.4 is 0 Å². The molecule has 10 heteroatoms. The van der Waals surface area contributed by atoms with Gasteiger partial charge in [-0.15, -0.1) is 0 Å². The van der Waals surface area contributed by atoms with E-state index in [0.29, 0.717) is 0 Å². The van der Waals surface area contributed by atoms with Gasteiger partial charge < -0.3 is 0 Å². The van der Waals surface area contributed by atoms with Crippen molar-refractivity contribution in [3.63, 3.8) is 0 Å². The van der Waals surface area contributed by atoms with Gasteiger partial charge in [0.25, 0.3) is 0 Å². The van der Waals surface area contributed by atoms with Crippen molar-refractivity contribution in [1.82, 2.24) is 0 Å². The van der Waals surface area contributed by atoms with Gasteiger partial charge in [-0.1, -0.05) is 0 Å². The van der Waals surface area contributed by atoms with Gasteiger partial charge in [-0.2, -0.15) is 0 Å². The molecule has 1 aliphatic heterocycles. The standard InChI is InChI=1S/C10H30N5P5/c1-16(2)11-17(3,4)13-19(7,8)15-20(9,10)14-18(5,6)12-16/h1-10H3. The maximum absolute atomic E-state index is 5.08. The van der Waals surface area contributed by atoms with E-state index in [0.717, 1.165) is 0 Å². The quantitative estimate of drug-likeness (QED) is 0.414. The summed E-state index contributed by atoms with van der Waals surface area (Å²) in [5, 5.41) is 0. The van der Waals surface area contributed by atoms with Crippen molar-refractivity contribution in [3.05, 3.63) is 0 Å². The van der Waals surface area contributed by atoms with Crippen molar-refractivity contribution in [2.75, 3.05) is 66.6 Å². The Kier molecular flexibility index (Phi) is 5.43. The van der Waals surface area contributed by atoms with Crippen molar-refractivity contribution in [3.8, 4) is 0 Å². The van der Waals surface area contributed by atoms with E-state index in [1.807, 2.05) is 0 Å². The Morgan fingerprint density at radius 1 is 0.300 bits per heavy atom. The molecule has 120 valence electrons. The summed E-state index contributed by atoms with van der Waals surface area (Å²) in [6, 6.07) is 0. The minimum atomic E-state index is -1.66. The van der Waals surface area contributed by atoms with E-state index in [-0.39, 0.29) is 0 Å². The lowest BCUT2D eigenvalue weighted by atomic mass is 11.9. The van der Waals surface area contributed by atoms with Gasteiger partial charge in [0, 0.05) is 0 Å². The van der Waals surface area contributed by atoms with E-state index >= 15 is 0 Å². The van der Waals surface area contributed by atoms with E-state index < -0.39 is 36.0 Å². The normalized spacial score (nSPS) is 29.5. The maximum Gasteiger partial charge on any atom is 0.0750 e. The molecule has 0 saturated carbocycles. The lowest BCUT2D eigenvalue weighted by Crippen LogP contribution is -1.82. The summed E-state index contributed by atoms with van der Waals surface area (Å²) in [7, 11) is -8.28. The summed E-state index contributed by atoms with van der Waals surface area (Å²) in [6.07, 6.45) is 0. The third-order valence-electron chi connectivity index (χ3n) is 2.19. The molecule has 1 rings (SSSR count). The summed E-state index contributed by atoms with van der Waals surface area (Å²) in [5.41, 5.74) is 0. The molecule has 0 fully saturated rings. The Morgan fingerprint density at radius 2 is 0.400 bits per heavy atom. The number of rotatable bonds is 0. The molecule has 0 saturated heterocycles. The first kappa shape index (κ1) is 19.2. The van der Waals surface area contributed by atoms with Crippen molar-refractivity contribution < 1.29 is 0 Å². The lowest BCUT2D eigenvalue weighted by Gasteiger charge is -2.26. The van der Waals surface area contributed by atoms with Crippen LogP contribution in [0.5, 0.6) is 0 Å². The highest BCUT2D eigenvalue weighted by atomic mass is 31.3. The van der Waals surface area contributed by atoms with E-state index in [4.69, 9.17) is 22.6 Å². The van der Waals surface area contributed by atoms with Crippen LogP contribution in [0.4, 0.5) is 0 Å². The lowest BCUT2D eigenvalue weighted by molar-refractivity contribution is 1.62. The molecular weight excluding hydrogens is 345 g/mol. The zero-order valence-electron chi connectivity index (χ0n) is 14.5. The third-order valence-corrected chi connectivity index (χ3v) is 19.7. The van der Waals surface area contributed by atoms with Crippen LogP contribution in [0.15, 0.2) is 22.6 Å². The Morgan fingerprint density at radius 3 is 0.500 bits per heavy atom. The van der Waals surface area contributed by atoms with Gasteiger partial charge in [-0.25, -0.2) is 22.6 Å². The molecule has 0 spiro atoms. The molecule has 1 heterocycles. The Balaban J connectivity index is 3.95. The molecular formula is C10H30N5P5. The number of hydrogen-bond donors (Lipinski definition) is 0. The van der Waals surface area contributed by atoms with Crippen LogP contribution in [0, 0.1) is 0 Å². The molecule has 0 radical (unpaired) electrons. The average molecular weight is 375 g/mol. The summed E-state index contributed by atoms with van der Waals surface area (Å²) in [5.74, 6) is 0. The first-order valence-corrected chi connectivity index (χ1v) is 19.4. The molecule has 0 aromatic rings. The van der Waals surface area contributed by atoms with E-state index in [2.05, 4.69) is 66.6 Å². The summed E-state index contributed by atoms with van der Waals surface area (Å²) in [4.78, 5) is 0. The SMILES string of the molecule is CP1(C)=NP(C)(C)=NP(C)(C)=NP(C)(C)=NP(C)(C)=N1. The molecule has 0 atom stereocenters. The smallest absolute Gasteiger partial charge is 0.0750 e. The van der Waals surface area contributed by atoms with E-state index in [9.17, 15) is 0 Å². The molecule has 0 aromatic heterocycles. The largest absolute Gasteiger partial charge is 0.242 e. The monoisotopic (exact) mass is 375 g/mol. The van der Waals surface area contributed by atoms with Crippen LogP contribution in [-0.4, -0.2) is 66.6 Å². The van der Waals surface area contributed by atoms with Crippen LogP contribution in [0.25, 0.3) is 0 Å². The Hall–Kier alpha value is 1.15. The minimum Gasteiger partial charge on any atom is -0.242 e. The number of nitrogens with zero attached hydrogens (tertiary/aromatic N) is 5. The second-order valence-corrected chi connectivity index (χ2v) is 24.1. The van der Waals surface area contributed by atoms with E-state index in [1.54, 1.807) is 0 Å². The fourth-order valence-electron chi connectivity index (χ4n) is 2.77. The van der Waals surface area contributed by atoms with Crippen LogP contribution >= 0.6 is 36.0 Å². The van der Waals surface area contributed by atoms with Gasteiger partial charge in [0.15, 0.2) is 0 Å². The van der Waals surface area contributed by atoms with E-state index in [1.165, 1.54) is 0 Å². The zero-order valence-corrected chi connectivity index (χ0v) is 18.9. The van der Waals surface area contributed by atoms with Crippen molar-refractivity contribution in [2.24, 2.45) is 22.6 Å². The van der Waals surface area contributed by atoms with Gasteiger partial charge in [-0.05, 0) is 66.6 Å².